The van der Waals surface area contributed by atoms with Crippen molar-refractivity contribution >= 4 is 29.1 Å². The number of nitroso groups, excluding NO2 is 1. The fourth-order valence-corrected chi connectivity index (χ4v) is 3.08. The highest BCUT2D eigenvalue weighted by Crippen LogP contribution is 2.35. The molecule has 1 amide bonds. The van der Waals surface area contributed by atoms with Gasteiger partial charge in [-0.2, -0.15) is 18.1 Å². The summed E-state index contributed by atoms with van der Waals surface area (Å²) in [7, 11) is 0. The van der Waals surface area contributed by atoms with E-state index >= 15 is 0 Å². The second kappa shape index (κ2) is 9.18. The summed E-state index contributed by atoms with van der Waals surface area (Å²) in [6.45, 7) is -1.48. The van der Waals surface area contributed by atoms with Crippen molar-refractivity contribution in [2.75, 3.05) is 13.2 Å². The Morgan fingerprint density at radius 2 is 2.00 bits per heavy atom. The Morgan fingerprint density at radius 3 is 2.60 bits per heavy atom. The van der Waals surface area contributed by atoms with Crippen LogP contribution in [0.1, 0.15) is 23.2 Å². The van der Waals surface area contributed by atoms with Crippen molar-refractivity contribution < 1.29 is 22.7 Å². The van der Waals surface area contributed by atoms with Gasteiger partial charge in [-0.3, -0.25) is 4.79 Å². The Labute approximate surface area is 179 Å². The average molecular weight is 462 g/mol. The zero-order chi connectivity index (χ0) is 21.9. The molecule has 6 nitrogen and oxygen atoms in total. The molecule has 2 aromatic rings. The average Bonchev–Trinajstić information content (AvgIpc) is 3.53. The van der Waals surface area contributed by atoms with Crippen molar-refractivity contribution in [1.82, 2.24) is 10.3 Å². The summed E-state index contributed by atoms with van der Waals surface area (Å²) >= 11 is 11.9. The van der Waals surface area contributed by atoms with Gasteiger partial charge in [0.2, 0.25) is 5.88 Å². The van der Waals surface area contributed by atoms with E-state index < -0.39 is 24.7 Å². The maximum atomic E-state index is 12.6. The molecule has 0 radical (unpaired) electrons. The van der Waals surface area contributed by atoms with Crippen molar-refractivity contribution in [3.63, 3.8) is 0 Å². The summed E-state index contributed by atoms with van der Waals surface area (Å²) in [5.74, 6) is -0.681. The number of aromatic nitrogens is 1. The number of hydrogen-bond acceptors (Lipinski definition) is 5. The lowest BCUT2D eigenvalue weighted by Gasteiger charge is -2.14. The lowest BCUT2D eigenvalue weighted by atomic mass is 10.0. The van der Waals surface area contributed by atoms with Crippen molar-refractivity contribution in [2.24, 2.45) is 11.1 Å². The molecule has 0 bridgehead atoms. The fraction of sp³-hybridized carbons (Fsp3) is 0.368. The van der Waals surface area contributed by atoms with Crippen LogP contribution in [0.15, 0.2) is 35.6 Å². The van der Waals surface area contributed by atoms with Crippen LogP contribution in [-0.2, 0) is 0 Å². The van der Waals surface area contributed by atoms with E-state index in [-0.39, 0.29) is 39.5 Å². The fourth-order valence-electron chi connectivity index (χ4n) is 2.78. The molecular formula is C19H16Cl2F3N3O3. The van der Waals surface area contributed by atoms with Gasteiger partial charge in [0, 0.05) is 18.3 Å². The molecule has 1 N–H and O–H groups in total. The Hall–Kier alpha value is -2.39. The van der Waals surface area contributed by atoms with Crippen LogP contribution < -0.4 is 10.1 Å². The number of halogens is 5. The molecule has 1 saturated carbocycles. The van der Waals surface area contributed by atoms with E-state index in [9.17, 15) is 22.9 Å². The predicted octanol–water partition coefficient (Wildman–Crippen LogP) is 5.27. The van der Waals surface area contributed by atoms with Crippen LogP contribution in [0.3, 0.4) is 0 Å². The van der Waals surface area contributed by atoms with Crippen molar-refractivity contribution in [3.05, 3.63) is 51.0 Å². The third kappa shape index (κ3) is 5.82. The lowest BCUT2D eigenvalue weighted by Crippen LogP contribution is -2.32. The molecule has 1 aromatic heterocycles. The van der Waals surface area contributed by atoms with Gasteiger partial charge >= 0.3 is 6.18 Å². The highest BCUT2D eigenvalue weighted by atomic mass is 35.5. The van der Waals surface area contributed by atoms with Crippen LogP contribution in [0.25, 0.3) is 11.1 Å². The molecule has 30 heavy (non-hydrogen) atoms. The van der Waals surface area contributed by atoms with Crippen LogP contribution in [-0.4, -0.2) is 36.3 Å². The zero-order valence-corrected chi connectivity index (χ0v) is 16.9. The summed E-state index contributed by atoms with van der Waals surface area (Å²) < 4.78 is 42.6. The third-order valence-corrected chi connectivity index (χ3v) is 5.23. The molecule has 0 saturated heterocycles. The molecule has 1 atom stereocenters. The molecule has 160 valence electrons. The van der Waals surface area contributed by atoms with Gasteiger partial charge in [0.1, 0.15) is 6.04 Å². The van der Waals surface area contributed by atoms with Gasteiger partial charge < -0.3 is 10.1 Å². The standard InChI is InChI=1S/C19H16Cl2F3N3O3/c20-14-4-3-11(6-15(14)21)13-5-12(7-26-18(13)30-9-19(22,23)24)17(28)25-8-16(27-29)10-1-2-10/h3-7,10,16H,1-2,8-9H2,(H,25,28). The summed E-state index contributed by atoms with van der Waals surface area (Å²) in [5, 5.41) is 6.06. The summed E-state index contributed by atoms with van der Waals surface area (Å²) in [5.41, 5.74) is 0.586. The second-order valence-corrected chi connectivity index (χ2v) is 7.64. The summed E-state index contributed by atoms with van der Waals surface area (Å²) in [4.78, 5) is 27.2. The van der Waals surface area contributed by atoms with Crippen molar-refractivity contribution in [1.29, 1.82) is 0 Å². The smallest absolute Gasteiger partial charge is 0.422 e. The summed E-state index contributed by atoms with van der Waals surface area (Å²) in [6.07, 6.45) is -1.68. The first-order valence-electron chi connectivity index (χ1n) is 8.93. The predicted molar refractivity (Wildman–Crippen MR) is 106 cm³/mol. The second-order valence-electron chi connectivity index (χ2n) is 6.83. The summed E-state index contributed by atoms with van der Waals surface area (Å²) in [6, 6.07) is 5.25. The molecule has 0 spiro atoms. The van der Waals surface area contributed by atoms with E-state index in [1.54, 1.807) is 0 Å². The Bertz CT molecular complexity index is 952. The number of amides is 1. The number of carbonyl (C=O) groups excluding carboxylic acids is 1. The minimum Gasteiger partial charge on any atom is -0.468 e. The molecular weight excluding hydrogens is 446 g/mol. The van der Waals surface area contributed by atoms with E-state index in [2.05, 4.69) is 15.5 Å². The van der Waals surface area contributed by atoms with Gasteiger partial charge in [0.25, 0.3) is 5.91 Å². The van der Waals surface area contributed by atoms with E-state index in [4.69, 9.17) is 27.9 Å². The number of rotatable bonds is 8. The number of nitrogens with zero attached hydrogens (tertiary/aromatic N) is 2. The minimum absolute atomic E-state index is 0.0709. The first kappa shape index (κ1) is 22.3. The highest BCUT2D eigenvalue weighted by Gasteiger charge is 2.32. The maximum Gasteiger partial charge on any atom is 0.422 e. The Morgan fingerprint density at radius 1 is 1.27 bits per heavy atom. The van der Waals surface area contributed by atoms with Crippen LogP contribution >= 0.6 is 23.2 Å². The van der Waals surface area contributed by atoms with Crippen LogP contribution in [0.2, 0.25) is 10.0 Å². The number of carbonyl (C=O) groups is 1. The SMILES string of the molecule is O=NC(CNC(=O)c1cnc(OCC(F)(F)F)c(-c2ccc(Cl)c(Cl)c2)c1)C1CC1. The van der Waals surface area contributed by atoms with E-state index in [0.29, 0.717) is 5.56 Å². The number of alkyl halides is 3. The number of pyridine rings is 1. The van der Waals surface area contributed by atoms with E-state index in [0.717, 1.165) is 19.0 Å². The maximum absolute atomic E-state index is 12.6. The first-order chi connectivity index (χ1) is 14.2. The topological polar surface area (TPSA) is 80.7 Å². The Balaban J connectivity index is 1.86. The minimum atomic E-state index is -4.56. The molecule has 1 aromatic carbocycles. The number of nitrogens with one attached hydrogen (secondary N) is 1. The van der Waals surface area contributed by atoms with Crippen molar-refractivity contribution in [3.8, 4) is 17.0 Å². The quantitative estimate of drug-likeness (QED) is 0.542. The van der Waals surface area contributed by atoms with Gasteiger partial charge in [0.05, 0.1) is 15.6 Å². The molecule has 11 heteroatoms. The van der Waals surface area contributed by atoms with Gasteiger partial charge in [-0.05, 0) is 42.5 Å². The van der Waals surface area contributed by atoms with Gasteiger partial charge in [0.15, 0.2) is 6.61 Å². The van der Waals surface area contributed by atoms with Crippen LogP contribution in [0.4, 0.5) is 13.2 Å². The molecule has 1 fully saturated rings. The number of hydrogen-bond donors (Lipinski definition) is 1. The molecule has 1 heterocycles. The first-order valence-corrected chi connectivity index (χ1v) is 9.69. The zero-order valence-electron chi connectivity index (χ0n) is 15.4. The highest BCUT2D eigenvalue weighted by molar-refractivity contribution is 6.42. The van der Waals surface area contributed by atoms with Crippen LogP contribution in [0.5, 0.6) is 5.88 Å². The van der Waals surface area contributed by atoms with E-state index in [1.165, 1.54) is 24.3 Å². The molecule has 3 rings (SSSR count). The largest absolute Gasteiger partial charge is 0.468 e. The monoisotopic (exact) mass is 461 g/mol. The van der Waals surface area contributed by atoms with Gasteiger partial charge in [-0.25, -0.2) is 4.98 Å². The van der Waals surface area contributed by atoms with E-state index in [1.807, 2.05) is 0 Å². The number of ether oxygens (including phenoxy) is 1. The number of benzene rings is 1. The normalized spacial score (nSPS) is 14.8. The van der Waals surface area contributed by atoms with Gasteiger partial charge in [-0.1, -0.05) is 34.4 Å². The molecule has 1 aliphatic rings. The van der Waals surface area contributed by atoms with Crippen LogP contribution in [0, 0.1) is 10.8 Å². The van der Waals surface area contributed by atoms with Gasteiger partial charge in [-0.15, -0.1) is 0 Å². The Kier molecular flexibility index (Phi) is 6.82. The van der Waals surface area contributed by atoms with Crippen molar-refractivity contribution in [2.45, 2.75) is 25.1 Å². The molecule has 0 aliphatic heterocycles. The lowest BCUT2D eigenvalue weighted by molar-refractivity contribution is -0.154. The third-order valence-electron chi connectivity index (χ3n) is 4.49. The molecule has 1 aliphatic carbocycles. The molecule has 1 unspecified atom stereocenters.